The number of ether oxygens (including phenoxy) is 1. The van der Waals surface area contributed by atoms with Crippen LogP contribution in [0.15, 0.2) is 29.3 Å². The van der Waals surface area contributed by atoms with Crippen LogP contribution in [0.2, 0.25) is 0 Å². The summed E-state index contributed by atoms with van der Waals surface area (Å²) < 4.78 is 5.22. The Labute approximate surface area is 155 Å². The molecule has 0 aromatic heterocycles. The Bertz CT molecular complexity index is 477. The molecule has 0 aliphatic heterocycles. The summed E-state index contributed by atoms with van der Waals surface area (Å²) in [6, 6.07) is 7.64. The van der Waals surface area contributed by atoms with Gasteiger partial charge in [0.15, 0.2) is 12.6 Å². The summed E-state index contributed by atoms with van der Waals surface area (Å²) in [5.41, 5.74) is 6.22. The van der Waals surface area contributed by atoms with E-state index in [-0.39, 0.29) is 30.6 Å². The first-order chi connectivity index (χ1) is 10.7. The standard InChI is InChI=1S/C16H26N4O2.HI/c1-3-10-19-16(18-4-2)20-11-9-13-5-7-14(8-6-13)22-12-15(17)21;/h5-8H,3-4,9-12H2,1-2H3,(H2,17,21)(H2,18,19,20);1H. The van der Waals surface area contributed by atoms with Gasteiger partial charge in [-0.1, -0.05) is 19.1 Å². The van der Waals surface area contributed by atoms with Crippen LogP contribution in [0.25, 0.3) is 0 Å². The molecule has 1 aromatic rings. The van der Waals surface area contributed by atoms with Gasteiger partial charge in [-0.3, -0.25) is 9.79 Å². The maximum atomic E-state index is 10.6. The zero-order chi connectivity index (χ0) is 16.2. The summed E-state index contributed by atoms with van der Waals surface area (Å²) in [5, 5.41) is 6.52. The topological polar surface area (TPSA) is 88.7 Å². The first kappa shape index (κ1) is 21.5. The van der Waals surface area contributed by atoms with Gasteiger partial charge in [-0.2, -0.15) is 0 Å². The first-order valence-electron chi connectivity index (χ1n) is 7.68. The maximum Gasteiger partial charge on any atom is 0.255 e. The highest BCUT2D eigenvalue weighted by molar-refractivity contribution is 14.0. The van der Waals surface area contributed by atoms with Crippen molar-refractivity contribution in [3.8, 4) is 5.75 Å². The van der Waals surface area contributed by atoms with Gasteiger partial charge in [-0.05, 0) is 37.5 Å². The van der Waals surface area contributed by atoms with Gasteiger partial charge in [-0.15, -0.1) is 24.0 Å². The fourth-order valence-corrected chi connectivity index (χ4v) is 1.80. The number of halogens is 1. The van der Waals surface area contributed by atoms with Gasteiger partial charge >= 0.3 is 0 Å². The number of guanidine groups is 1. The minimum Gasteiger partial charge on any atom is -0.484 e. The van der Waals surface area contributed by atoms with Crippen molar-refractivity contribution in [2.24, 2.45) is 10.7 Å². The number of hydrogen-bond donors (Lipinski definition) is 3. The molecular formula is C16H27IN4O2. The molecule has 23 heavy (non-hydrogen) atoms. The van der Waals surface area contributed by atoms with Gasteiger partial charge in [-0.25, -0.2) is 0 Å². The second-order valence-electron chi connectivity index (χ2n) is 4.84. The first-order valence-corrected chi connectivity index (χ1v) is 7.68. The van der Waals surface area contributed by atoms with E-state index in [1.54, 1.807) is 0 Å². The quantitative estimate of drug-likeness (QED) is 0.314. The lowest BCUT2D eigenvalue weighted by Crippen LogP contribution is -2.38. The van der Waals surface area contributed by atoms with Crippen molar-refractivity contribution in [3.63, 3.8) is 0 Å². The third-order valence-corrected chi connectivity index (χ3v) is 2.85. The van der Waals surface area contributed by atoms with Crippen LogP contribution in [0.5, 0.6) is 5.75 Å². The predicted octanol–water partition coefficient (Wildman–Crippen LogP) is 1.68. The van der Waals surface area contributed by atoms with Crippen LogP contribution in [0.3, 0.4) is 0 Å². The molecule has 0 bridgehead atoms. The molecule has 0 spiro atoms. The molecule has 6 nitrogen and oxygen atoms in total. The van der Waals surface area contributed by atoms with Gasteiger partial charge in [0.2, 0.25) is 0 Å². The van der Waals surface area contributed by atoms with E-state index in [1.165, 1.54) is 5.56 Å². The lowest BCUT2D eigenvalue weighted by Gasteiger charge is -2.11. The van der Waals surface area contributed by atoms with Crippen molar-refractivity contribution in [2.75, 3.05) is 26.2 Å². The van der Waals surface area contributed by atoms with Crippen molar-refractivity contribution in [1.29, 1.82) is 0 Å². The number of nitrogens with one attached hydrogen (secondary N) is 2. The number of primary amides is 1. The molecule has 0 fully saturated rings. The van der Waals surface area contributed by atoms with Gasteiger partial charge in [0.1, 0.15) is 5.75 Å². The van der Waals surface area contributed by atoms with Gasteiger partial charge in [0.25, 0.3) is 5.91 Å². The van der Waals surface area contributed by atoms with E-state index in [0.717, 1.165) is 38.4 Å². The second kappa shape index (κ2) is 13.0. The van der Waals surface area contributed by atoms with Crippen LogP contribution in [0, 0.1) is 0 Å². The third kappa shape index (κ3) is 9.98. The number of rotatable bonds is 9. The van der Waals surface area contributed by atoms with Crippen molar-refractivity contribution >= 4 is 35.8 Å². The summed E-state index contributed by atoms with van der Waals surface area (Å²) in [5.74, 6) is 1.02. The lowest BCUT2D eigenvalue weighted by atomic mass is 10.1. The zero-order valence-corrected chi connectivity index (χ0v) is 16.1. The normalized spacial score (nSPS) is 10.6. The molecule has 0 aliphatic carbocycles. The molecule has 0 unspecified atom stereocenters. The molecule has 1 aromatic carbocycles. The average Bonchev–Trinajstić information content (AvgIpc) is 2.51. The molecule has 4 N–H and O–H groups in total. The SMILES string of the molecule is CCCN=C(NCC)NCCc1ccc(OCC(N)=O)cc1.I. The molecule has 1 rings (SSSR count). The largest absolute Gasteiger partial charge is 0.484 e. The van der Waals surface area contributed by atoms with E-state index in [4.69, 9.17) is 10.5 Å². The van der Waals surface area contributed by atoms with Gasteiger partial charge < -0.3 is 21.1 Å². The number of nitrogens with two attached hydrogens (primary N) is 1. The van der Waals surface area contributed by atoms with Crippen molar-refractivity contribution < 1.29 is 9.53 Å². The third-order valence-electron chi connectivity index (χ3n) is 2.85. The molecule has 0 saturated carbocycles. The number of nitrogens with zero attached hydrogens (tertiary/aromatic N) is 1. The van der Waals surface area contributed by atoms with Crippen LogP contribution in [-0.2, 0) is 11.2 Å². The summed E-state index contributed by atoms with van der Waals surface area (Å²) in [7, 11) is 0. The Hall–Kier alpha value is -1.51. The van der Waals surface area contributed by atoms with Gasteiger partial charge in [0.05, 0.1) is 0 Å². The molecule has 0 heterocycles. The second-order valence-corrected chi connectivity index (χ2v) is 4.84. The smallest absolute Gasteiger partial charge is 0.255 e. The number of carbonyl (C=O) groups is 1. The van der Waals surface area contributed by atoms with Crippen LogP contribution in [0.4, 0.5) is 0 Å². The highest BCUT2D eigenvalue weighted by Crippen LogP contribution is 2.12. The zero-order valence-electron chi connectivity index (χ0n) is 13.8. The maximum absolute atomic E-state index is 10.6. The summed E-state index contributed by atoms with van der Waals surface area (Å²) >= 11 is 0. The van der Waals surface area contributed by atoms with E-state index in [2.05, 4.69) is 22.5 Å². The fourth-order valence-electron chi connectivity index (χ4n) is 1.80. The monoisotopic (exact) mass is 434 g/mol. The molecule has 0 aliphatic rings. The minimum absolute atomic E-state index is 0. The van der Waals surface area contributed by atoms with E-state index >= 15 is 0 Å². The van der Waals surface area contributed by atoms with E-state index in [9.17, 15) is 4.79 Å². The molecular weight excluding hydrogens is 407 g/mol. The molecule has 7 heteroatoms. The van der Waals surface area contributed by atoms with Crippen LogP contribution >= 0.6 is 24.0 Å². The predicted molar refractivity (Wildman–Crippen MR) is 105 cm³/mol. The van der Waals surface area contributed by atoms with Crippen molar-refractivity contribution in [2.45, 2.75) is 26.7 Å². The Balaban J connectivity index is 0.00000484. The minimum atomic E-state index is -0.476. The Kier molecular flexibility index (Phi) is 12.1. The van der Waals surface area contributed by atoms with Gasteiger partial charge in [0, 0.05) is 19.6 Å². The number of hydrogen-bond acceptors (Lipinski definition) is 3. The number of benzene rings is 1. The van der Waals surface area contributed by atoms with Crippen LogP contribution < -0.4 is 21.1 Å². The number of aliphatic imine (C=N–C) groups is 1. The van der Waals surface area contributed by atoms with Crippen molar-refractivity contribution in [3.05, 3.63) is 29.8 Å². The Morgan fingerprint density at radius 1 is 1.22 bits per heavy atom. The summed E-state index contributed by atoms with van der Waals surface area (Å²) in [6.07, 6.45) is 1.91. The summed E-state index contributed by atoms with van der Waals surface area (Å²) in [4.78, 5) is 15.1. The van der Waals surface area contributed by atoms with Crippen LogP contribution in [-0.4, -0.2) is 38.1 Å². The molecule has 0 atom stereocenters. The fraction of sp³-hybridized carbons (Fsp3) is 0.500. The molecule has 130 valence electrons. The number of amides is 1. The molecule has 0 radical (unpaired) electrons. The highest BCUT2D eigenvalue weighted by atomic mass is 127. The molecule has 1 amide bonds. The van der Waals surface area contributed by atoms with E-state index in [0.29, 0.717) is 5.75 Å². The van der Waals surface area contributed by atoms with Crippen molar-refractivity contribution in [1.82, 2.24) is 10.6 Å². The molecule has 0 saturated heterocycles. The lowest BCUT2D eigenvalue weighted by molar-refractivity contribution is -0.119. The number of carbonyl (C=O) groups excluding carboxylic acids is 1. The Morgan fingerprint density at radius 2 is 1.91 bits per heavy atom. The van der Waals surface area contributed by atoms with E-state index < -0.39 is 5.91 Å². The highest BCUT2D eigenvalue weighted by Gasteiger charge is 2.00. The van der Waals surface area contributed by atoms with Crippen LogP contribution in [0.1, 0.15) is 25.8 Å². The Morgan fingerprint density at radius 3 is 2.48 bits per heavy atom. The van der Waals surface area contributed by atoms with E-state index in [1.807, 2.05) is 31.2 Å². The summed E-state index contributed by atoms with van der Waals surface area (Å²) in [6.45, 7) is 6.53. The average molecular weight is 434 g/mol.